The number of rotatable bonds is 3. The molecule has 0 unspecified atom stereocenters. The summed E-state index contributed by atoms with van der Waals surface area (Å²) in [7, 11) is 0. The molecule has 0 radical (unpaired) electrons. The Morgan fingerprint density at radius 1 is 1.19 bits per heavy atom. The molecule has 0 amide bonds. The standard InChI is InChI=1S/C21H25N3O2S/c1-12-5-7-16(8-6-12)18-15(4)27-21-19(18)20(25)22-17(23-21)11-24-9-13(2)26-14(3)10-24/h5-8,13-14H,9-11H2,1-4H3,(H,22,23,25)/p+1/t13-,14-/m1/s1. The summed E-state index contributed by atoms with van der Waals surface area (Å²) in [5.41, 5.74) is 3.26. The molecule has 2 N–H and O–H groups in total. The Hall–Kier alpha value is -2.02. The van der Waals surface area contributed by atoms with Gasteiger partial charge in [-0.15, -0.1) is 11.3 Å². The first kappa shape index (κ1) is 18.3. The number of benzene rings is 1. The molecule has 0 aliphatic carbocycles. The number of aromatic amines is 1. The van der Waals surface area contributed by atoms with E-state index in [1.165, 1.54) is 10.5 Å². The first-order valence-corrected chi connectivity index (χ1v) is 10.3. The number of hydrogen-bond acceptors (Lipinski definition) is 4. The highest BCUT2D eigenvalue weighted by Gasteiger charge is 2.26. The minimum Gasteiger partial charge on any atom is -0.364 e. The van der Waals surface area contributed by atoms with Crippen molar-refractivity contribution in [1.82, 2.24) is 9.97 Å². The zero-order valence-electron chi connectivity index (χ0n) is 16.3. The maximum Gasteiger partial charge on any atom is 0.260 e. The fraction of sp³-hybridized carbons (Fsp3) is 0.429. The summed E-state index contributed by atoms with van der Waals surface area (Å²) in [6, 6.07) is 8.33. The second-order valence-corrected chi connectivity index (χ2v) is 8.89. The van der Waals surface area contributed by atoms with E-state index in [2.05, 4.69) is 56.9 Å². The Labute approximate surface area is 163 Å². The average molecular weight is 385 g/mol. The third-order valence-electron chi connectivity index (χ3n) is 5.16. The molecular formula is C21H26N3O2S+. The summed E-state index contributed by atoms with van der Waals surface area (Å²) < 4.78 is 5.81. The van der Waals surface area contributed by atoms with E-state index in [0.29, 0.717) is 5.39 Å². The van der Waals surface area contributed by atoms with Gasteiger partial charge in [-0.05, 0) is 33.3 Å². The van der Waals surface area contributed by atoms with Gasteiger partial charge >= 0.3 is 0 Å². The number of nitrogens with zero attached hydrogens (tertiary/aromatic N) is 1. The van der Waals surface area contributed by atoms with Gasteiger partial charge in [0, 0.05) is 10.4 Å². The molecule has 1 fully saturated rings. The molecule has 4 rings (SSSR count). The highest BCUT2D eigenvalue weighted by atomic mass is 32.1. The van der Waals surface area contributed by atoms with Crippen molar-refractivity contribution in [2.45, 2.75) is 46.4 Å². The van der Waals surface area contributed by atoms with Crippen LogP contribution in [0.1, 0.15) is 30.1 Å². The number of quaternary nitrogens is 1. The predicted octanol–water partition coefficient (Wildman–Crippen LogP) is 2.46. The van der Waals surface area contributed by atoms with E-state index in [9.17, 15) is 4.79 Å². The molecule has 0 bridgehead atoms. The maximum atomic E-state index is 12.9. The van der Waals surface area contributed by atoms with Crippen LogP contribution in [-0.4, -0.2) is 35.3 Å². The quantitative estimate of drug-likeness (QED) is 0.729. The van der Waals surface area contributed by atoms with E-state index in [-0.39, 0.29) is 17.8 Å². The number of ether oxygens (including phenoxy) is 1. The predicted molar refractivity (Wildman–Crippen MR) is 110 cm³/mol. The van der Waals surface area contributed by atoms with E-state index in [0.717, 1.165) is 46.3 Å². The zero-order chi connectivity index (χ0) is 19.1. The number of H-pyrrole nitrogens is 1. The average Bonchev–Trinajstić information content (AvgIpc) is 2.91. The van der Waals surface area contributed by atoms with Crippen molar-refractivity contribution in [2.75, 3.05) is 13.1 Å². The summed E-state index contributed by atoms with van der Waals surface area (Å²) in [5, 5.41) is 0.712. The Bertz CT molecular complexity index is 1010. The normalized spacial score (nSPS) is 23.0. The minimum atomic E-state index is -0.0383. The lowest BCUT2D eigenvalue weighted by molar-refractivity contribution is -0.928. The summed E-state index contributed by atoms with van der Waals surface area (Å²) in [5.74, 6) is 0.764. The molecule has 1 aromatic carbocycles. The van der Waals surface area contributed by atoms with E-state index in [4.69, 9.17) is 9.72 Å². The second kappa shape index (κ2) is 7.19. The number of nitrogens with one attached hydrogen (secondary N) is 2. The monoisotopic (exact) mass is 384 g/mol. The molecular weight excluding hydrogens is 358 g/mol. The van der Waals surface area contributed by atoms with Crippen molar-refractivity contribution in [3.8, 4) is 11.1 Å². The molecule has 27 heavy (non-hydrogen) atoms. The van der Waals surface area contributed by atoms with Gasteiger partial charge in [-0.1, -0.05) is 29.8 Å². The fourth-order valence-corrected chi connectivity index (χ4v) is 5.15. The van der Waals surface area contributed by atoms with Crippen LogP contribution in [0, 0.1) is 13.8 Å². The third-order valence-corrected chi connectivity index (χ3v) is 6.16. The summed E-state index contributed by atoms with van der Waals surface area (Å²) >= 11 is 1.60. The zero-order valence-corrected chi connectivity index (χ0v) is 17.1. The number of hydrogen-bond donors (Lipinski definition) is 2. The second-order valence-electron chi connectivity index (χ2n) is 7.68. The van der Waals surface area contributed by atoms with Crippen LogP contribution in [0.25, 0.3) is 21.3 Å². The highest BCUT2D eigenvalue weighted by Crippen LogP contribution is 2.35. The molecule has 0 saturated carbocycles. The molecule has 1 saturated heterocycles. The van der Waals surface area contributed by atoms with Crippen molar-refractivity contribution in [3.63, 3.8) is 0 Å². The van der Waals surface area contributed by atoms with Gasteiger partial charge in [-0.3, -0.25) is 4.79 Å². The lowest BCUT2D eigenvalue weighted by Gasteiger charge is -2.32. The molecule has 5 nitrogen and oxygen atoms in total. The minimum absolute atomic E-state index is 0.0383. The number of aromatic nitrogens is 2. The van der Waals surface area contributed by atoms with Crippen LogP contribution < -0.4 is 10.5 Å². The van der Waals surface area contributed by atoms with Crippen LogP contribution in [0.3, 0.4) is 0 Å². The molecule has 2 aromatic heterocycles. The van der Waals surface area contributed by atoms with Gasteiger partial charge < -0.3 is 14.6 Å². The van der Waals surface area contributed by atoms with Crippen molar-refractivity contribution in [2.24, 2.45) is 0 Å². The van der Waals surface area contributed by atoms with E-state index in [1.807, 2.05) is 0 Å². The summed E-state index contributed by atoms with van der Waals surface area (Å²) in [6.45, 7) is 10.9. The molecule has 0 spiro atoms. The van der Waals surface area contributed by atoms with Crippen molar-refractivity contribution < 1.29 is 9.64 Å². The first-order chi connectivity index (χ1) is 12.9. The van der Waals surface area contributed by atoms with Gasteiger partial charge in [0.15, 0.2) is 5.82 Å². The smallest absolute Gasteiger partial charge is 0.260 e. The molecule has 3 heterocycles. The SMILES string of the molecule is Cc1ccc(-c2c(C)sc3nc(C[NH+]4C[C@@H](C)O[C@H](C)C4)[nH]c(=O)c23)cc1. The van der Waals surface area contributed by atoms with Gasteiger partial charge in [0.1, 0.15) is 36.7 Å². The van der Waals surface area contributed by atoms with Crippen LogP contribution in [0.2, 0.25) is 0 Å². The van der Waals surface area contributed by atoms with E-state index >= 15 is 0 Å². The Morgan fingerprint density at radius 3 is 2.52 bits per heavy atom. The van der Waals surface area contributed by atoms with E-state index in [1.54, 1.807) is 11.3 Å². The van der Waals surface area contributed by atoms with Gasteiger partial charge in [-0.2, -0.15) is 0 Å². The topological polar surface area (TPSA) is 59.4 Å². The van der Waals surface area contributed by atoms with Gasteiger partial charge in [0.25, 0.3) is 5.56 Å². The van der Waals surface area contributed by atoms with Crippen LogP contribution >= 0.6 is 11.3 Å². The largest absolute Gasteiger partial charge is 0.364 e. The molecule has 1 aliphatic rings. The van der Waals surface area contributed by atoms with Crippen LogP contribution in [-0.2, 0) is 11.3 Å². The van der Waals surface area contributed by atoms with Gasteiger partial charge in [-0.25, -0.2) is 4.98 Å². The molecule has 3 aromatic rings. The fourth-order valence-electron chi connectivity index (χ4n) is 4.09. The Kier molecular flexibility index (Phi) is 4.88. The third kappa shape index (κ3) is 3.70. The molecule has 2 atom stereocenters. The maximum absolute atomic E-state index is 12.9. The van der Waals surface area contributed by atoms with E-state index < -0.39 is 0 Å². The number of morpholine rings is 1. The van der Waals surface area contributed by atoms with Crippen LogP contribution in [0.15, 0.2) is 29.1 Å². The van der Waals surface area contributed by atoms with Crippen LogP contribution in [0.4, 0.5) is 0 Å². The number of thiophene rings is 1. The highest BCUT2D eigenvalue weighted by molar-refractivity contribution is 7.19. The summed E-state index contributed by atoms with van der Waals surface area (Å²) in [4.78, 5) is 24.1. The first-order valence-electron chi connectivity index (χ1n) is 9.49. The van der Waals surface area contributed by atoms with Crippen molar-refractivity contribution in [1.29, 1.82) is 0 Å². The molecule has 1 aliphatic heterocycles. The van der Waals surface area contributed by atoms with Gasteiger partial charge in [0.2, 0.25) is 0 Å². The lowest BCUT2D eigenvalue weighted by atomic mass is 10.0. The van der Waals surface area contributed by atoms with Gasteiger partial charge in [0.05, 0.1) is 5.39 Å². The lowest BCUT2D eigenvalue weighted by Crippen LogP contribution is -3.14. The number of fused-ring (bicyclic) bond motifs is 1. The summed E-state index contributed by atoms with van der Waals surface area (Å²) in [6.07, 6.45) is 0.465. The number of aryl methyl sites for hydroxylation is 2. The molecule has 142 valence electrons. The van der Waals surface area contributed by atoms with Crippen molar-refractivity contribution >= 4 is 21.6 Å². The Balaban J connectivity index is 1.71. The Morgan fingerprint density at radius 2 is 1.85 bits per heavy atom. The van der Waals surface area contributed by atoms with Crippen LogP contribution in [0.5, 0.6) is 0 Å². The molecule has 6 heteroatoms. The van der Waals surface area contributed by atoms with Crippen molar-refractivity contribution in [3.05, 3.63) is 50.9 Å².